The van der Waals surface area contributed by atoms with Gasteiger partial charge in [-0.05, 0) is 53.9 Å². The molecule has 2 N–H and O–H groups in total. The van der Waals surface area contributed by atoms with Gasteiger partial charge in [-0.3, -0.25) is 9.78 Å². The summed E-state index contributed by atoms with van der Waals surface area (Å²) in [5.74, 6) is 2.49. The van der Waals surface area contributed by atoms with Gasteiger partial charge in [0.1, 0.15) is 11.5 Å². The molecule has 5 aromatic rings. The number of ether oxygens (including phenoxy) is 3. The number of hydrogen-bond donors (Lipinski definition) is 2. The van der Waals surface area contributed by atoms with E-state index in [0.717, 1.165) is 27.5 Å². The fourth-order valence-corrected chi connectivity index (χ4v) is 3.88. The number of aromatic amines is 1. The van der Waals surface area contributed by atoms with Crippen molar-refractivity contribution in [2.45, 2.75) is 0 Å². The lowest BCUT2D eigenvalue weighted by Crippen LogP contribution is -2.14. The molecule has 0 atom stereocenters. The van der Waals surface area contributed by atoms with Gasteiger partial charge in [0, 0.05) is 34.6 Å². The lowest BCUT2D eigenvalue weighted by Gasteiger charge is -2.13. The van der Waals surface area contributed by atoms with E-state index in [-0.39, 0.29) is 5.56 Å². The summed E-state index contributed by atoms with van der Waals surface area (Å²) >= 11 is 0. The second-order valence-corrected chi connectivity index (χ2v) is 7.86. The van der Waals surface area contributed by atoms with Crippen LogP contribution in [0.1, 0.15) is 5.56 Å². The Morgan fingerprint density at radius 2 is 1.66 bits per heavy atom. The van der Waals surface area contributed by atoms with Crippen molar-refractivity contribution in [2.24, 2.45) is 0 Å². The summed E-state index contributed by atoms with van der Waals surface area (Å²) < 4.78 is 16.9. The number of pyridine rings is 2. The zero-order valence-electron chi connectivity index (χ0n) is 19.3. The van der Waals surface area contributed by atoms with Crippen LogP contribution in [-0.2, 0) is 0 Å². The number of hydrogen-bond acceptors (Lipinski definition) is 6. The number of rotatable bonds is 7. The highest BCUT2D eigenvalue weighted by atomic mass is 16.5. The van der Waals surface area contributed by atoms with E-state index in [1.165, 1.54) is 0 Å². The number of fused-ring (bicyclic) bond motifs is 2. The molecule has 0 saturated carbocycles. The maximum atomic E-state index is 12.5. The Bertz CT molecular complexity index is 1610. The average Bonchev–Trinajstić information content (AvgIpc) is 2.88. The van der Waals surface area contributed by atoms with Crippen molar-refractivity contribution >= 4 is 33.2 Å². The quantitative estimate of drug-likeness (QED) is 0.308. The van der Waals surface area contributed by atoms with Gasteiger partial charge in [0.25, 0.3) is 5.56 Å². The second kappa shape index (κ2) is 9.23. The molecule has 35 heavy (non-hydrogen) atoms. The Morgan fingerprint density at radius 3 is 2.43 bits per heavy atom. The zero-order valence-corrected chi connectivity index (χ0v) is 19.3. The monoisotopic (exact) mass is 465 g/mol. The number of aromatic nitrogens is 2. The van der Waals surface area contributed by atoms with E-state index in [9.17, 15) is 4.79 Å². The van der Waals surface area contributed by atoms with E-state index in [1.807, 2.05) is 66.7 Å². The van der Waals surface area contributed by atoms with Crippen LogP contribution in [0.25, 0.3) is 27.5 Å². The standard InChI is InChI=1S/C28H23N3O4/c1-17(21-14-18-6-4-5-7-23(18)31-28(21)32)30-19-8-10-20(11-9-19)35-25-12-13-29-24-16-27(34-3)26(33-2)15-22(24)25/h4-16,30H,1H2,2-3H3,(H,31,32). The molecule has 0 spiro atoms. The van der Waals surface area contributed by atoms with E-state index < -0.39 is 0 Å². The molecule has 0 bridgehead atoms. The van der Waals surface area contributed by atoms with E-state index >= 15 is 0 Å². The topological polar surface area (TPSA) is 85.5 Å². The Hall–Kier alpha value is -4.78. The van der Waals surface area contributed by atoms with Crippen LogP contribution < -0.4 is 25.1 Å². The predicted octanol–water partition coefficient (Wildman–Crippen LogP) is 5.97. The Labute approximate surface area is 201 Å². The van der Waals surface area contributed by atoms with Crippen molar-refractivity contribution < 1.29 is 14.2 Å². The molecule has 174 valence electrons. The number of methoxy groups -OCH3 is 2. The summed E-state index contributed by atoms with van der Waals surface area (Å²) in [4.78, 5) is 19.8. The number of nitrogens with zero attached hydrogens (tertiary/aromatic N) is 1. The van der Waals surface area contributed by atoms with Gasteiger partial charge in [0.05, 0.1) is 25.3 Å². The van der Waals surface area contributed by atoms with Crippen molar-refractivity contribution in [1.29, 1.82) is 0 Å². The van der Waals surface area contributed by atoms with Crippen LogP contribution in [0, 0.1) is 0 Å². The van der Waals surface area contributed by atoms with Crippen LogP contribution in [0.2, 0.25) is 0 Å². The molecule has 0 aliphatic rings. The number of benzene rings is 3. The molecular formula is C28H23N3O4. The van der Waals surface area contributed by atoms with Gasteiger partial charge in [0.2, 0.25) is 0 Å². The van der Waals surface area contributed by atoms with Gasteiger partial charge in [-0.25, -0.2) is 0 Å². The molecule has 2 heterocycles. The molecule has 2 aromatic heterocycles. The zero-order chi connectivity index (χ0) is 24.4. The molecule has 7 heteroatoms. The minimum atomic E-state index is -0.197. The van der Waals surface area contributed by atoms with E-state index in [0.29, 0.717) is 34.3 Å². The number of anilines is 1. The highest BCUT2D eigenvalue weighted by Crippen LogP contribution is 2.37. The lowest BCUT2D eigenvalue weighted by atomic mass is 10.1. The molecule has 0 unspecified atom stereocenters. The summed E-state index contributed by atoms with van der Waals surface area (Å²) in [6, 6.07) is 22.3. The molecule has 0 saturated heterocycles. The third kappa shape index (κ3) is 4.39. The van der Waals surface area contributed by atoms with E-state index in [2.05, 4.69) is 21.9 Å². The smallest absolute Gasteiger partial charge is 0.257 e. The van der Waals surface area contributed by atoms with Crippen molar-refractivity contribution in [2.75, 3.05) is 19.5 Å². The summed E-state index contributed by atoms with van der Waals surface area (Å²) in [6.45, 7) is 4.05. The number of nitrogens with one attached hydrogen (secondary N) is 2. The molecule has 7 nitrogen and oxygen atoms in total. The summed E-state index contributed by atoms with van der Waals surface area (Å²) in [5.41, 5.74) is 3.09. The van der Waals surface area contributed by atoms with Gasteiger partial charge in [-0.1, -0.05) is 24.8 Å². The minimum Gasteiger partial charge on any atom is -0.493 e. The first-order chi connectivity index (χ1) is 17.1. The van der Waals surface area contributed by atoms with E-state index in [4.69, 9.17) is 14.2 Å². The Balaban J connectivity index is 1.36. The normalized spacial score (nSPS) is 10.8. The third-order valence-corrected chi connectivity index (χ3v) is 5.66. The van der Waals surface area contributed by atoms with Crippen LogP contribution >= 0.6 is 0 Å². The largest absolute Gasteiger partial charge is 0.493 e. The first-order valence-electron chi connectivity index (χ1n) is 10.9. The maximum absolute atomic E-state index is 12.5. The maximum Gasteiger partial charge on any atom is 0.257 e. The SMILES string of the molecule is C=C(Nc1ccc(Oc2ccnc3cc(OC)c(OC)cc23)cc1)c1cc2ccccc2[nH]c1=O. The van der Waals surface area contributed by atoms with Crippen molar-refractivity contribution in [1.82, 2.24) is 9.97 Å². The fraction of sp³-hybridized carbons (Fsp3) is 0.0714. The van der Waals surface area contributed by atoms with Crippen molar-refractivity contribution in [3.05, 3.63) is 101 Å². The minimum absolute atomic E-state index is 0.197. The van der Waals surface area contributed by atoms with Crippen LogP contribution in [0.3, 0.4) is 0 Å². The molecule has 0 fully saturated rings. The molecule has 3 aromatic carbocycles. The van der Waals surface area contributed by atoms with Gasteiger partial charge in [-0.2, -0.15) is 0 Å². The van der Waals surface area contributed by atoms with Gasteiger partial charge < -0.3 is 24.5 Å². The van der Waals surface area contributed by atoms with Crippen molar-refractivity contribution in [3.8, 4) is 23.0 Å². The van der Waals surface area contributed by atoms with E-state index in [1.54, 1.807) is 26.5 Å². The predicted molar refractivity (Wildman–Crippen MR) is 139 cm³/mol. The van der Waals surface area contributed by atoms with Gasteiger partial charge in [0.15, 0.2) is 11.5 Å². The molecule has 5 rings (SSSR count). The molecule has 0 aliphatic carbocycles. The third-order valence-electron chi connectivity index (χ3n) is 5.66. The first-order valence-corrected chi connectivity index (χ1v) is 10.9. The van der Waals surface area contributed by atoms with Crippen LogP contribution in [0.15, 0.2) is 90.4 Å². The first kappa shape index (κ1) is 22.0. The molecule has 0 amide bonds. The number of para-hydroxylation sites is 1. The summed E-state index contributed by atoms with van der Waals surface area (Å²) in [7, 11) is 3.18. The molecular weight excluding hydrogens is 442 g/mol. The second-order valence-electron chi connectivity index (χ2n) is 7.86. The molecule has 0 aliphatic heterocycles. The van der Waals surface area contributed by atoms with Crippen molar-refractivity contribution in [3.63, 3.8) is 0 Å². The summed E-state index contributed by atoms with van der Waals surface area (Å²) in [6.07, 6.45) is 1.69. The highest BCUT2D eigenvalue weighted by molar-refractivity contribution is 5.88. The van der Waals surface area contributed by atoms with Crippen LogP contribution in [0.4, 0.5) is 5.69 Å². The number of H-pyrrole nitrogens is 1. The Kier molecular flexibility index (Phi) is 5.81. The summed E-state index contributed by atoms with van der Waals surface area (Å²) in [5, 5.41) is 4.94. The lowest BCUT2D eigenvalue weighted by molar-refractivity contribution is 0.355. The highest BCUT2D eigenvalue weighted by Gasteiger charge is 2.12. The van der Waals surface area contributed by atoms with Crippen LogP contribution in [-0.4, -0.2) is 24.2 Å². The van der Waals surface area contributed by atoms with Gasteiger partial charge in [-0.15, -0.1) is 0 Å². The average molecular weight is 466 g/mol. The van der Waals surface area contributed by atoms with Gasteiger partial charge >= 0.3 is 0 Å². The molecule has 0 radical (unpaired) electrons. The van der Waals surface area contributed by atoms with Crippen LogP contribution in [0.5, 0.6) is 23.0 Å². The Morgan fingerprint density at radius 1 is 0.914 bits per heavy atom. The fourth-order valence-electron chi connectivity index (χ4n) is 3.88.